The molecule has 6 nitrogen and oxygen atoms in total. The van der Waals surface area contributed by atoms with Crippen molar-refractivity contribution in [1.82, 2.24) is 9.97 Å². The van der Waals surface area contributed by atoms with Crippen molar-refractivity contribution in [1.29, 1.82) is 5.26 Å². The van der Waals surface area contributed by atoms with Gasteiger partial charge in [-0.1, -0.05) is 18.2 Å². The highest BCUT2D eigenvalue weighted by molar-refractivity contribution is 7.10. The number of thiophene rings is 1. The Hall–Kier alpha value is -2.98. The van der Waals surface area contributed by atoms with Gasteiger partial charge in [-0.25, -0.2) is 9.97 Å². The average Bonchev–Trinajstić information content (AvgIpc) is 3.17. The van der Waals surface area contributed by atoms with Crippen LogP contribution in [0.5, 0.6) is 0 Å². The lowest BCUT2D eigenvalue weighted by Crippen LogP contribution is -2.18. The third kappa shape index (κ3) is 3.44. The summed E-state index contributed by atoms with van der Waals surface area (Å²) >= 11 is 1.62. The van der Waals surface area contributed by atoms with Crippen LogP contribution >= 0.6 is 11.3 Å². The number of hydrogen-bond donors (Lipinski definition) is 1. The Morgan fingerprint density at radius 2 is 1.96 bits per heavy atom. The normalized spacial score (nSPS) is 13.0. The molecule has 3 rings (SSSR count). The summed E-state index contributed by atoms with van der Waals surface area (Å²) in [7, 11) is 1.25. The number of nitrogens with one attached hydrogen (secondary N) is 1. The van der Waals surface area contributed by atoms with E-state index >= 15 is 0 Å². The van der Waals surface area contributed by atoms with Crippen LogP contribution in [0.3, 0.4) is 0 Å². The lowest BCUT2D eigenvalue weighted by molar-refractivity contribution is -0.141. The van der Waals surface area contributed by atoms with Gasteiger partial charge in [-0.2, -0.15) is 5.26 Å². The molecule has 7 heteroatoms. The van der Waals surface area contributed by atoms with Gasteiger partial charge in [0, 0.05) is 4.88 Å². The Morgan fingerprint density at radius 3 is 2.56 bits per heavy atom. The van der Waals surface area contributed by atoms with E-state index in [0.717, 1.165) is 4.88 Å². The van der Waals surface area contributed by atoms with Gasteiger partial charge in [-0.3, -0.25) is 4.79 Å². The molecule has 0 aliphatic carbocycles. The molecular weight excluding hydrogens is 336 g/mol. The van der Waals surface area contributed by atoms with Crippen molar-refractivity contribution in [3.63, 3.8) is 0 Å². The number of hydrogen-bond acceptors (Lipinski definition) is 7. The lowest BCUT2D eigenvalue weighted by Gasteiger charge is -2.18. The van der Waals surface area contributed by atoms with E-state index in [2.05, 4.69) is 15.3 Å². The molecule has 0 aliphatic heterocycles. The number of benzene rings is 1. The number of carbonyl (C=O) groups excluding carboxylic acids is 1. The summed E-state index contributed by atoms with van der Waals surface area (Å²) in [6.07, 6.45) is 0. The number of anilines is 1. The molecule has 1 aromatic carbocycles. The third-order valence-electron chi connectivity index (χ3n) is 3.76. The summed E-state index contributed by atoms with van der Waals surface area (Å²) in [5.74, 6) is -1.38. The minimum absolute atomic E-state index is 0.0359. The number of nitriles is 1. The summed E-state index contributed by atoms with van der Waals surface area (Å²) < 4.78 is 4.75. The van der Waals surface area contributed by atoms with Crippen LogP contribution < -0.4 is 5.32 Å². The minimum atomic E-state index is -1.14. The number of para-hydroxylation sites is 2. The maximum Gasteiger partial charge on any atom is 0.329 e. The predicted molar refractivity (Wildman–Crippen MR) is 96.3 cm³/mol. The Labute approximate surface area is 149 Å². The van der Waals surface area contributed by atoms with Crippen LogP contribution in [0, 0.1) is 11.3 Å². The van der Waals surface area contributed by atoms with Gasteiger partial charge >= 0.3 is 5.97 Å². The van der Waals surface area contributed by atoms with Gasteiger partial charge in [0.15, 0.2) is 11.7 Å². The fourth-order valence-corrected chi connectivity index (χ4v) is 3.21. The first-order valence-corrected chi connectivity index (χ1v) is 8.56. The smallest absolute Gasteiger partial charge is 0.329 e. The maximum absolute atomic E-state index is 12.0. The Bertz CT molecular complexity index is 934. The van der Waals surface area contributed by atoms with Crippen LogP contribution in [-0.2, 0) is 9.53 Å². The van der Waals surface area contributed by atoms with E-state index in [4.69, 9.17) is 4.74 Å². The van der Waals surface area contributed by atoms with E-state index in [1.165, 1.54) is 7.11 Å². The summed E-state index contributed by atoms with van der Waals surface area (Å²) in [4.78, 5) is 22.2. The zero-order chi connectivity index (χ0) is 17.8. The fraction of sp³-hybridized carbons (Fsp3) is 0.222. The molecule has 0 saturated heterocycles. The first kappa shape index (κ1) is 16.9. The van der Waals surface area contributed by atoms with Crippen molar-refractivity contribution in [2.45, 2.75) is 18.9 Å². The van der Waals surface area contributed by atoms with Gasteiger partial charge in [-0.15, -0.1) is 11.3 Å². The summed E-state index contributed by atoms with van der Waals surface area (Å²) in [6.45, 7) is 1.99. The van der Waals surface area contributed by atoms with Crippen molar-refractivity contribution in [2.75, 3.05) is 12.4 Å². The van der Waals surface area contributed by atoms with Crippen LogP contribution in [0.25, 0.3) is 11.0 Å². The maximum atomic E-state index is 12.0. The molecule has 0 amide bonds. The highest BCUT2D eigenvalue weighted by Crippen LogP contribution is 2.29. The first-order valence-electron chi connectivity index (χ1n) is 7.68. The number of nitrogens with zero attached hydrogens (tertiary/aromatic N) is 3. The van der Waals surface area contributed by atoms with Crippen molar-refractivity contribution in [3.05, 3.63) is 52.3 Å². The van der Waals surface area contributed by atoms with Crippen LogP contribution in [0.4, 0.5) is 5.82 Å². The van der Waals surface area contributed by atoms with Gasteiger partial charge in [0.05, 0.1) is 30.3 Å². The number of carbonyl (C=O) groups is 1. The Kier molecular flexibility index (Phi) is 4.91. The van der Waals surface area contributed by atoms with Gasteiger partial charge in [0.25, 0.3) is 0 Å². The molecule has 0 radical (unpaired) electrons. The number of methoxy groups -OCH3 is 1. The minimum Gasteiger partial charge on any atom is -0.468 e. The number of esters is 1. The van der Waals surface area contributed by atoms with Crippen LogP contribution in [0.2, 0.25) is 0 Å². The number of rotatable bonds is 5. The molecule has 0 unspecified atom stereocenters. The second-order valence-corrected chi connectivity index (χ2v) is 6.39. The van der Waals surface area contributed by atoms with Crippen molar-refractivity contribution < 1.29 is 9.53 Å². The molecule has 1 N–H and O–H groups in total. The van der Waals surface area contributed by atoms with E-state index in [9.17, 15) is 10.1 Å². The lowest BCUT2D eigenvalue weighted by atomic mass is 10.1. The molecule has 2 atom stereocenters. The van der Waals surface area contributed by atoms with E-state index in [-0.39, 0.29) is 11.7 Å². The molecular formula is C18H16N4O2S. The molecule has 25 heavy (non-hydrogen) atoms. The predicted octanol–water partition coefficient (Wildman–Crippen LogP) is 3.64. The fourth-order valence-electron chi connectivity index (χ4n) is 2.48. The van der Waals surface area contributed by atoms with Crippen LogP contribution in [-0.4, -0.2) is 23.0 Å². The molecule has 0 bridgehead atoms. The third-order valence-corrected chi connectivity index (χ3v) is 4.82. The molecule has 126 valence electrons. The zero-order valence-electron chi connectivity index (χ0n) is 13.8. The van der Waals surface area contributed by atoms with Gasteiger partial charge < -0.3 is 10.1 Å². The summed E-state index contributed by atoms with van der Waals surface area (Å²) in [5, 5.41) is 14.7. The van der Waals surface area contributed by atoms with Crippen molar-refractivity contribution >= 4 is 34.2 Å². The highest BCUT2D eigenvalue weighted by Gasteiger charge is 2.28. The highest BCUT2D eigenvalue weighted by atomic mass is 32.1. The quantitative estimate of drug-likeness (QED) is 0.705. The molecule has 3 aromatic rings. The standard InChI is InChI=1S/C18H16N4O2S/c1-11(15-8-5-9-25-15)20-17-16(12(10-19)18(23)24-2)21-13-6-3-4-7-14(13)22-17/h3-9,11-12H,1-2H3,(H,20,22)/t11-,12-/m0/s1. The molecule has 2 aromatic heterocycles. The number of ether oxygens (including phenoxy) is 1. The van der Waals surface area contributed by atoms with E-state index in [0.29, 0.717) is 16.9 Å². The molecule has 0 spiro atoms. The van der Waals surface area contributed by atoms with Gasteiger partial charge in [-0.05, 0) is 30.5 Å². The number of fused-ring (bicyclic) bond motifs is 1. The van der Waals surface area contributed by atoms with E-state index in [1.54, 1.807) is 17.4 Å². The first-order chi connectivity index (χ1) is 12.1. The van der Waals surface area contributed by atoms with Crippen molar-refractivity contribution in [3.8, 4) is 6.07 Å². The Morgan fingerprint density at radius 1 is 1.24 bits per heavy atom. The zero-order valence-corrected chi connectivity index (χ0v) is 14.6. The van der Waals surface area contributed by atoms with Crippen LogP contribution in [0.1, 0.15) is 29.5 Å². The topological polar surface area (TPSA) is 87.9 Å². The SMILES string of the molecule is COC(=O)[C@@H](C#N)c1nc2ccccc2nc1N[C@@H](C)c1cccs1. The van der Waals surface area contributed by atoms with Gasteiger partial charge in [0.2, 0.25) is 0 Å². The molecule has 0 saturated carbocycles. The molecule has 0 aliphatic rings. The van der Waals surface area contributed by atoms with Gasteiger partial charge in [0.1, 0.15) is 5.69 Å². The largest absolute Gasteiger partial charge is 0.468 e. The van der Waals surface area contributed by atoms with Crippen LogP contribution in [0.15, 0.2) is 41.8 Å². The van der Waals surface area contributed by atoms with E-state index < -0.39 is 11.9 Å². The second kappa shape index (κ2) is 7.28. The molecule has 0 fully saturated rings. The summed E-state index contributed by atoms with van der Waals surface area (Å²) in [6, 6.07) is 13.3. The van der Waals surface area contributed by atoms with E-state index in [1.807, 2.05) is 48.7 Å². The van der Waals surface area contributed by atoms with Crippen molar-refractivity contribution in [2.24, 2.45) is 0 Å². The second-order valence-electron chi connectivity index (χ2n) is 5.41. The summed E-state index contributed by atoms with van der Waals surface area (Å²) in [5.41, 5.74) is 1.58. The monoisotopic (exact) mass is 352 g/mol. The Balaban J connectivity index is 2.09. The average molecular weight is 352 g/mol. The molecule has 2 heterocycles. The number of aromatic nitrogens is 2.